The third-order valence-corrected chi connectivity index (χ3v) is 5.09. The van der Waals surface area contributed by atoms with Gasteiger partial charge in [-0.25, -0.2) is 4.98 Å². The molecule has 0 spiro atoms. The van der Waals surface area contributed by atoms with Gasteiger partial charge in [-0.15, -0.1) is 0 Å². The summed E-state index contributed by atoms with van der Waals surface area (Å²) in [5.41, 5.74) is 3.10. The molecule has 1 aliphatic heterocycles. The molecule has 4 rings (SSSR count). The Hall–Kier alpha value is -2.14. The number of halogens is 1. The molecular formula is C21H21ClN2O2. The Morgan fingerprint density at radius 3 is 2.85 bits per heavy atom. The van der Waals surface area contributed by atoms with Crippen molar-refractivity contribution in [2.45, 2.75) is 12.6 Å². The Morgan fingerprint density at radius 2 is 2.04 bits per heavy atom. The van der Waals surface area contributed by atoms with Crippen LogP contribution in [0.5, 0.6) is 5.75 Å². The van der Waals surface area contributed by atoms with E-state index in [0.717, 1.165) is 48.5 Å². The smallest absolute Gasteiger partial charge is 0.134 e. The first-order chi connectivity index (χ1) is 12.7. The summed E-state index contributed by atoms with van der Waals surface area (Å²) >= 11 is 6.46. The number of benzene rings is 2. The lowest BCUT2D eigenvalue weighted by atomic mass is 10.1. The maximum absolute atomic E-state index is 6.46. The van der Waals surface area contributed by atoms with Crippen LogP contribution in [0.3, 0.4) is 0 Å². The summed E-state index contributed by atoms with van der Waals surface area (Å²) in [6, 6.07) is 18.4. The SMILES string of the molecule is COc1ccc2cc(CN3CCOC(c4ccccc4)C3)c(Cl)nc2c1. The van der Waals surface area contributed by atoms with Crippen LogP contribution in [-0.4, -0.2) is 36.7 Å². The molecule has 0 N–H and O–H groups in total. The Labute approximate surface area is 158 Å². The molecule has 1 aromatic heterocycles. The van der Waals surface area contributed by atoms with E-state index in [2.05, 4.69) is 40.2 Å². The van der Waals surface area contributed by atoms with Crippen molar-refractivity contribution < 1.29 is 9.47 Å². The third-order valence-electron chi connectivity index (χ3n) is 4.77. The van der Waals surface area contributed by atoms with E-state index >= 15 is 0 Å². The van der Waals surface area contributed by atoms with Crippen molar-refractivity contribution in [2.24, 2.45) is 0 Å². The van der Waals surface area contributed by atoms with Crippen molar-refractivity contribution in [1.29, 1.82) is 0 Å². The zero-order chi connectivity index (χ0) is 17.9. The molecule has 3 aromatic rings. The van der Waals surface area contributed by atoms with Crippen molar-refractivity contribution in [3.63, 3.8) is 0 Å². The zero-order valence-corrected chi connectivity index (χ0v) is 15.4. The molecule has 1 aliphatic rings. The highest BCUT2D eigenvalue weighted by molar-refractivity contribution is 6.30. The maximum Gasteiger partial charge on any atom is 0.134 e. The van der Waals surface area contributed by atoms with E-state index in [1.807, 2.05) is 24.3 Å². The molecule has 4 nitrogen and oxygen atoms in total. The number of methoxy groups -OCH3 is 1. The fraction of sp³-hybridized carbons (Fsp3) is 0.286. The second kappa shape index (κ2) is 7.62. The van der Waals surface area contributed by atoms with Gasteiger partial charge in [-0.1, -0.05) is 41.9 Å². The number of ether oxygens (including phenoxy) is 2. The molecule has 1 saturated heterocycles. The summed E-state index contributed by atoms with van der Waals surface area (Å²) < 4.78 is 11.2. The van der Waals surface area contributed by atoms with Crippen LogP contribution < -0.4 is 4.74 Å². The molecule has 26 heavy (non-hydrogen) atoms. The minimum Gasteiger partial charge on any atom is -0.497 e. The largest absolute Gasteiger partial charge is 0.497 e. The third kappa shape index (κ3) is 3.68. The van der Waals surface area contributed by atoms with E-state index in [1.165, 1.54) is 5.56 Å². The fourth-order valence-electron chi connectivity index (χ4n) is 3.36. The Kier molecular flexibility index (Phi) is 5.07. The van der Waals surface area contributed by atoms with Gasteiger partial charge in [0, 0.05) is 36.7 Å². The van der Waals surface area contributed by atoms with E-state index in [9.17, 15) is 0 Å². The van der Waals surface area contributed by atoms with Crippen LogP contribution >= 0.6 is 11.6 Å². The average molecular weight is 369 g/mol. The fourth-order valence-corrected chi connectivity index (χ4v) is 3.57. The van der Waals surface area contributed by atoms with E-state index in [0.29, 0.717) is 5.15 Å². The molecule has 1 atom stereocenters. The number of rotatable bonds is 4. The summed E-state index contributed by atoms with van der Waals surface area (Å²) in [4.78, 5) is 6.93. The van der Waals surface area contributed by atoms with Gasteiger partial charge in [0.1, 0.15) is 10.9 Å². The second-order valence-corrected chi connectivity index (χ2v) is 6.86. The number of nitrogens with zero attached hydrogens (tertiary/aromatic N) is 2. The average Bonchev–Trinajstić information content (AvgIpc) is 2.69. The maximum atomic E-state index is 6.46. The molecule has 134 valence electrons. The van der Waals surface area contributed by atoms with Gasteiger partial charge >= 0.3 is 0 Å². The molecular weight excluding hydrogens is 348 g/mol. The summed E-state index contributed by atoms with van der Waals surface area (Å²) in [6.45, 7) is 3.22. The Bertz CT molecular complexity index is 901. The molecule has 0 radical (unpaired) electrons. The Balaban J connectivity index is 1.53. The summed E-state index contributed by atoms with van der Waals surface area (Å²) in [6.07, 6.45) is 0.0985. The second-order valence-electron chi connectivity index (χ2n) is 6.50. The normalized spacial score (nSPS) is 18.2. The van der Waals surface area contributed by atoms with Crippen molar-refractivity contribution >= 4 is 22.5 Å². The van der Waals surface area contributed by atoms with Crippen LogP contribution in [0.25, 0.3) is 10.9 Å². The number of hydrogen-bond acceptors (Lipinski definition) is 4. The first kappa shape index (κ1) is 17.3. The number of fused-ring (bicyclic) bond motifs is 1. The quantitative estimate of drug-likeness (QED) is 0.636. The minimum atomic E-state index is 0.0985. The van der Waals surface area contributed by atoms with Crippen molar-refractivity contribution in [3.8, 4) is 5.75 Å². The van der Waals surface area contributed by atoms with Crippen LogP contribution in [0.2, 0.25) is 5.15 Å². The predicted octanol–water partition coefficient (Wildman–Crippen LogP) is 4.47. The van der Waals surface area contributed by atoms with Gasteiger partial charge in [-0.05, 0) is 23.8 Å². The highest BCUT2D eigenvalue weighted by atomic mass is 35.5. The lowest BCUT2D eigenvalue weighted by Gasteiger charge is -2.33. The van der Waals surface area contributed by atoms with Crippen molar-refractivity contribution in [3.05, 3.63) is 70.9 Å². The highest BCUT2D eigenvalue weighted by Crippen LogP contribution is 2.27. The van der Waals surface area contributed by atoms with E-state index < -0.39 is 0 Å². The van der Waals surface area contributed by atoms with Crippen LogP contribution in [0.15, 0.2) is 54.6 Å². The first-order valence-electron chi connectivity index (χ1n) is 8.75. The summed E-state index contributed by atoms with van der Waals surface area (Å²) in [5, 5.41) is 1.62. The summed E-state index contributed by atoms with van der Waals surface area (Å²) in [7, 11) is 1.65. The van der Waals surface area contributed by atoms with Gasteiger partial charge in [-0.3, -0.25) is 4.90 Å². The number of hydrogen-bond donors (Lipinski definition) is 0. The van der Waals surface area contributed by atoms with Crippen LogP contribution in [0.1, 0.15) is 17.2 Å². The molecule has 5 heteroatoms. The molecule has 0 amide bonds. The molecule has 0 saturated carbocycles. The number of aromatic nitrogens is 1. The minimum absolute atomic E-state index is 0.0985. The van der Waals surface area contributed by atoms with Gasteiger partial charge in [0.15, 0.2) is 0 Å². The summed E-state index contributed by atoms with van der Waals surface area (Å²) in [5.74, 6) is 0.785. The lowest BCUT2D eigenvalue weighted by molar-refractivity contribution is -0.0329. The lowest BCUT2D eigenvalue weighted by Crippen LogP contribution is -2.37. The number of morpholine rings is 1. The van der Waals surface area contributed by atoms with E-state index in [-0.39, 0.29) is 6.10 Å². The predicted molar refractivity (Wildman–Crippen MR) is 104 cm³/mol. The number of pyridine rings is 1. The molecule has 2 heterocycles. The van der Waals surface area contributed by atoms with Gasteiger partial charge in [0.25, 0.3) is 0 Å². The van der Waals surface area contributed by atoms with E-state index in [1.54, 1.807) is 7.11 Å². The molecule has 0 bridgehead atoms. The van der Waals surface area contributed by atoms with Crippen molar-refractivity contribution in [2.75, 3.05) is 26.8 Å². The van der Waals surface area contributed by atoms with Crippen LogP contribution in [0.4, 0.5) is 0 Å². The monoisotopic (exact) mass is 368 g/mol. The zero-order valence-electron chi connectivity index (χ0n) is 14.7. The standard InChI is InChI=1S/C21H21ClN2O2/c1-25-18-8-7-16-11-17(21(22)23-19(16)12-18)13-24-9-10-26-20(14-24)15-5-3-2-4-6-15/h2-8,11-12,20H,9-10,13-14H2,1H3. The van der Waals surface area contributed by atoms with Crippen LogP contribution in [0, 0.1) is 0 Å². The molecule has 0 aliphatic carbocycles. The first-order valence-corrected chi connectivity index (χ1v) is 9.13. The topological polar surface area (TPSA) is 34.6 Å². The van der Waals surface area contributed by atoms with Gasteiger partial charge in [-0.2, -0.15) is 0 Å². The van der Waals surface area contributed by atoms with Gasteiger partial charge < -0.3 is 9.47 Å². The Morgan fingerprint density at radius 1 is 1.19 bits per heavy atom. The van der Waals surface area contributed by atoms with Gasteiger partial charge in [0.2, 0.25) is 0 Å². The van der Waals surface area contributed by atoms with Crippen molar-refractivity contribution in [1.82, 2.24) is 9.88 Å². The van der Waals surface area contributed by atoms with Crippen LogP contribution in [-0.2, 0) is 11.3 Å². The van der Waals surface area contributed by atoms with E-state index in [4.69, 9.17) is 21.1 Å². The van der Waals surface area contributed by atoms with Gasteiger partial charge in [0.05, 0.1) is 25.3 Å². The molecule has 1 unspecified atom stereocenters. The molecule has 1 fully saturated rings. The molecule has 2 aromatic carbocycles. The highest BCUT2D eigenvalue weighted by Gasteiger charge is 2.22.